The molecule has 0 radical (unpaired) electrons. The smallest absolute Gasteiger partial charge is 0.326 e. The summed E-state index contributed by atoms with van der Waals surface area (Å²) >= 11 is 0. The third kappa shape index (κ3) is 6.07. The molecule has 1 aliphatic heterocycles. The summed E-state index contributed by atoms with van der Waals surface area (Å²) in [7, 11) is 3.06. The van der Waals surface area contributed by atoms with Crippen molar-refractivity contribution in [3.8, 4) is 23.0 Å². The minimum atomic E-state index is -1.14. The maximum atomic E-state index is 12.8. The molecule has 1 aliphatic rings. The topological polar surface area (TPSA) is 120 Å². The second-order valence-corrected chi connectivity index (χ2v) is 8.14. The zero-order valence-corrected chi connectivity index (χ0v) is 20.2. The number of hydrogen-bond acceptors (Lipinski definition) is 7. The number of ether oxygens (including phenoxy) is 4. The van der Waals surface area contributed by atoms with Crippen LogP contribution >= 0.6 is 0 Å². The summed E-state index contributed by atoms with van der Waals surface area (Å²) in [6.45, 7) is -0.408. The van der Waals surface area contributed by atoms with Crippen molar-refractivity contribution in [2.75, 3.05) is 20.8 Å². The molecule has 9 nitrogen and oxygen atoms in total. The third-order valence-corrected chi connectivity index (χ3v) is 5.65. The van der Waals surface area contributed by atoms with E-state index in [-0.39, 0.29) is 29.5 Å². The van der Waals surface area contributed by atoms with E-state index in [9.17, 15) is 19.5 Å². The molecule has 0 fully saturated rings. The molecule has 9 heteroatoms. The summed E-state index contributed by atoms with van der Waals surface area (Å²) in [5, 5.41) is 11.9. The highest BCUT2D eigenvalue weighted by molar-refractivity contribution is 6.14. The zero-order valence-electron chi connectivity index (χ0n) is 20.2. The lowest BCUT2D eigenvalue weighted by atomic mass is 10.1. The number of rotatable bonds is 10. The van der Waals surface area contributed by atoms with Gasteiger partial charge in [0.05, 0.1) is 19.8 Å². The van der Waals surface area contributed by atoms with Gasteiger partial charge in [0, 0.05) is 18.1 Å². The molecule has 190 valence electrons. The predicted molar refractivity (Wildman–Crippen MR) is 134 cm³/mol. The average molecular weight is 504 g/mol. The molecule has 0 aromatic heterocycles. The van der Waals surface area contributed by atoms with Gasteiger partial charge in [-0.25, -0.2) is 4.79 Å². The van der Waals surface area contributed by atoms with E-state index in [4.69, 9.17) is 18.9 Å². The first-order valence-corrected chi connectivity index (χ1v) is 11.4. The lowest BCUT2D eigenvalue weighted by molar-refractivity contribution is -0.142. The van der Waals surface area contributed by atoms with Crippen LogP contribution < -0.4 is 24.3 Å². The number of carboxylic acid groups (broad SMARTS) is 1. The minimum absolute atomic E-state index is 0.0988. The van der Waals surface area contributed by atoms with Crippen LogP contribution in [0.25, 0.3) is 6.08 Å². The number of benzene rings is 3. The number of carbonyl (C=O) groups is 3. The van der Waals surface area contributed by atoms with Crippen LogP contribution in [0.3, 0.4) is 0 Å². The summed E-state index contributed by atoms with van der Waals surface area (Å²) < 4.78 is 21.9. The van der Waals surface area contributed by atoms with E-state index in [2.05, 4.69) is 5.32 Å². The van der Waals surface area contributed by atoms with Crippen molar-refractivity contribution in [1.29, 1.82) is 0 Å². The second kappa shape index (κ2) is 11.3. The van der Waals surface area contributed by atoms with Crippen molar-refractivity contribution in [2.45, 2.75) is 12.5 Å². The molecular weight excluding hydrogens is 478 g/mol. The number of nitrogens with one attached hydrogen (secondary N) is 1. The Hall–Kier alpha value is -4.79. The van der Waals surface area contributed by atoms with Gasteiger partial charge in [-0.15, -0.1) is 0 Å². The maximum absolute atomic E-state index is 12.8. The van der Waals surface area contributed by atoms with Crippen LogP contribution in [0.2, 0.25) is 0 Å². The van der Waals surface area contributed by atoms with Crippen LogP contribution in [0.15, 0.2) is 72.5 Å². The first kappa shape index (κ1) is 25.3. The van der Waals surface area contributed by atoms with Crippen molar-refractivity contribution in [1.82, 2.24) is 5.32 Å². The largest absolute Gasteiger partial charge is 0.497 e. The molecular formula is C28H25NO8. The molecule has 1 heterocycles. The third-order valence-electron chi connectivity index (χ3n) is 5.65. The standard InChI is InChI=1S/C28H25NO8/c1-34-19-9-11-23(35-2)18(13-19)14-25-27(31)21-10-8-20(15-24(21)37-25)36-16-26(30)29-22(28(32)33)12-17-6-4-3-5-7-17/h3-11,13-15,22H,12,16H2,1-2H3,(H,29,30)(H,32,33)/t22-/m0/s1. The SMILES string of the molecule is COc1ccc(OC)c(C=C2Oc3cc(OCC(=O)N[C@@H](Cc4ccccc4)C(=O)O)ccc3C2=O)c1. The van der Waals surface area contributed by atoms with E-state index in [1.807, 2.05) is 6.07 Å². The van der Waals surface area contributed by atoms with Gasteiger partial charge in [-0.05, 0) is 42.0 Å². The fraction of sp³-hybridized carbons (Fsp3) is 0.179. The van der Waals surface area contributed by atoms with Crippen LogP contribution in [0, 0.1) is 0 Å². The summed E-state index contributed by atoms with van der Waals surface area (Å²) in [5.74, 6) is -0.238. The van der Waals surface area contributed by atoms with Gasteiger partial charge in [0.2, 0.25) is 5.78 Å². The highest BCUT2D eigenvalue weighted by atomic mass is 16.5. The molecule has 1 amide bonds. The Morgan fingerprint density at radius 1 is 1.00 bits per heavy atom. The number of carbonyl (C=O) groups excluding carboxylic acids is 2. The van der Waals surface area contributed by atoms with Crippen molar-refractivity contribution in [2.24, 2.45) is 0 Å². The van der Waals surface area contributed by atoms with E-state index in [0.29, 0.717) is 22.6 Å². The summed E-state index contributed by atoms with van der Waals surface area (Å²) in [4.78, 5) is 36.8. The van der Waals surface area contributed by atoms with E-state index in [1.54, 1.807) is 67.8 Å². The molecule has 0 saturated heterocycles. The van der Waals surface area contributed by atoms with Gasteiger partial charge >= 0.3 is 5.97 Å². The normalized spacial score (nSPS) is 13.9. The molecule has 3 aromatic rings. The monoisotopic (exact) mass is 503 g/mol. The van der Waals surface area contributed by atoms with Gasteiger partial charge in [0.1, 0.15) is 29.0 Å². The van der Waals surface area contributed by atoms with E-state index < -0.39 is 24.5 Å². The second-order valence-electron chi connectivity index (χ2n) is 8.14. The Balaban J connectivity index is 1.41. The molecule has 0 spiro atoms. The lowest BCUT2D eigenvalue weighted by Crippen LogP contribution is -2.44. The number of hydrogen-bond donors (Lipinski definition) is 2. The Kier molecular flexibility index (Phi) is 7.73. The van der Waals surface area contributed by atoms with Crippen LogP contribution in [-0.4, -0.2) is 49.6 Å². The van der Waals surface area contributed by atoms with Gasteiger partial charge < -0.3 is 29.4 Å². The van der Waals surface area contributed by atoms with Gasteiger partial charge in [-0.2, -0.15) is 0 Å². The molecule has 0 saturated carbocycles. The lowest BCUT2D eigenvalue weighted by Gasteiger charge is -2.15. The van der Waals surface area contributed by atoms with Crippen molar-refractivity contribution in [3.05, 3.63) is 89.2 Å². The number of aliphatic carboxylic acids is 1. The fourth-order valence-electron chi connectivity index (χ4n) is 3.79. The van der Waals surface area contributed by atoms with E-state index in [1.165, 1.54) is 13.2 Å². The molecule has 4 rings (SSSR count). The summed E-state index contributed by atoms with van der Waals surface area (Å²) in [5.41, 5.74) is 1.74. The van der Waals surface area contributed by atoms with Gasteiger partial charge in [-0.1, -0.05) is 30.3 Å². The molecule has 2 N–H and O–H groups in total. The first-order valence-electron chi connectivity index (χ1n) is 11.4. The predicted octanol–water partition coefficient (Wildman–Crippen LogP) is 3.51. The molecule has 0 unspecified atom stereocenters. The van der Waals surface area contributed by atoms with Gasteiger partial charge in [0.15, 0.2) is 12.4 Å². The summed E-state index contributed by atoms with van der Waals surface area (Å²) in [6, 6.07) is 17.7. The van der Waals surface area contributed by atoms with Crippen LogP contribution in [0.4, 0.5) is 0 Å². The number of fused-ring (bicyclic) bond motifs is 1. The Labute approximate surface area is 213 Å². The van der Waals surface area contributed by atoms with E-state index in [0.717, 1.165) is 5.56 Å². The number of Topliss-reactive ketones (excluding diaryl/α,β-unsaturated/α-hetero) is 1. The molecule has 37 heavy (non-hydrogen) atoms. The van der Waals surface area contributed by atoms with Crippen LogP contribution in [0.1, 0.15) is 21.5 Å². The molecule has 0 bridgehead atoms. The van der Waals surface area contributed by atoms with Crippen LogP contribution in [0.5, 0.6) is 23.0 Å². The fourth-order valence-corrected chi connectivity index (χ4v) is 3.79. The van der Waals surface area contributed by atoms with Gasteiger partial charge in [0.25, 0.3) is 5.91 Å². The molecule has 0 aliphatic carbocycles. The number of amides is 1. The van der Waals surface area contributed by atoms with E-state index >= 15 is 0 Å². The maximum Gasteiger partial charge on any atom is 0.326 e. The summed E-state index contributed by atoms with van der Waals surface area (Å²) in [6.07, 6.45) is 1.71. The van der Waals surface area contributed by atoms with Crippen molar-refractivity contribution >= 4 is 23.7 Å². The molecule has 3 aromatic carbocycles. The van der Waals surface area contributed by atoms with Crippen molar-refractivity contribution in [3.63, 3.8) is 0 Å². The van der Waals surface area contributed by atoms with Crippen LogP contribution in [-0.2, 0) is 16.0 Å². The minimum Gasteiger partial charge on any atom is -0.497 e. The number of allylic oxidation sites excluding steroid dienone is 1. The highest BCUT2D eigenvalue weighted by Crippen LogP contribution is 2.36. The quantitative estimate of drug-likeness (QED) is 0.404. The van der Waals surface area contributed by atoms with Gasteiger partial charge in [-0.3, -0.25) is 9.59 Å². The zero-order chi connectivity index (χ0) is 26.4. The Morgan fingerprint density at radius 3 is 2.46 bits per heavy atom. The van der Waals surface area contributed by atoms with Crippen molar-refractivity contribution < 1.29 is 38.4 Å². The number of ketones is 1. The molecule has 1 atom stereocenters. The number of methoxy groups -OCH3 is 2. The highest BCUT2D eigenvalue weighted by Gasteiger charge is 2.28. The average Bonchev–Trinajstić information content (AvgIpc) is 3.21. The first-order chi connectivity index (χ1) is 17.9. The Morgan fingerprint density at radius 2 is 1.76 bits per heavy atom. The Bertz CT molecular complexity index is 1350. The number of carboxylic acids is 1.